The fourth-order valence-electron chi connectivity index (χ4n) is 2.35. The minimum absolute atomic E-state index is 0.149. The lowest BCUT2D eigenvalue weighted by molar-refractivity contribution is 0.585. The van der Waals surface area contributed by atoms with Crippen LogP contribution in [0.25, 0.3) is 0 Å². The second-order valence-electron chi connectivity index (χ2n) is 4.99. The molecule has 108 valence electrons. The summed E-state index contributed by atoms with van der Waals surface area (Å²) in [4.78, 5) is 2.80. The number of hydrogen-bond donors (Lipinski definition) is 1. The van der Waals surface area contributed by atoms with Gasteiger partial charge >= 0.3 is 0 Å². The van der Waals surface area contributed by atoms with Gasteiger partial charge in [0.15, 0.2) is 0 Å². The third-order valence-electron chi connectivity index (χ3n) is 3.47. The number of nitrogens with one attached hydrogen (secondary N) is 1. The summed E-state index contributed by atoms with van der Waals surface area (Å²) in [6.07, 6.45) is 2.06. The van der Waals surface area contributed by atoms with E-state index >= 15 is 0 Å². The second kappa shape index (κ2) is 7.55. The van der Waals surface area contributed by atoms with Crippen LogP contribution in [0, 0.1) is 5.82 Å². The maximum absolute atomic E-state index is 13.4. The average Bonchev–Trinajstić information content (AvgIpc) is 2.91. The van der Waals surface area contributed by atoms with Crippen molar-refractivity contribution in [2.24, 2.45) is 0 Å². The van der Waals surface area contributed by atoms with Crippen molar-refractivity contribution in [3.05, 3.63) is 57.5 Å². The maximum atomic E-state index is 13.4. The van der Waals surface area contributed by atoms with Gasteiger partial charge in [-0.3, -0.25) is 0 Å². The highest BCUT2D eigenvalue weighted by molar-refractivity contribution is 7.11. The standard InChI is InChI=1S/C17H22FNS/c1-3-16-8-9-17(20-16)11-14(12-19-4-2)13-6-5-7-15(18)10-13/h5-10,14,19H,3-4,11-12H2,1-2H3. The van der Waals surface area contributed by atoms with Crippen molar-refractivity contribution >= 4 is 11.3 Å². The van der Waals surface area contributed by atoms with Gasteiger partial charge in [0.2, 0.25) is 0 Å². The first-order valence-electron chi connectivity index (χ1n) is 7.26. The molecule has 2 rings (SSSR count). The number of aryl methyl sites for hydroxylation is 1. The van der Waals surface area contributed by atoms with Crippen LogP contribution in [-0.4, -0.2) is 13.1 Å². The summed E-state index contributed by atoms with van der Waals surface area (Å²) >= 11 is 1.87. The van der Waals surface area contributed by atoms with Gasteiger partial charge in [0, 0.05) is 22.2 Å². The first-order valence-corrected chi connectivity index (χ1v) is 8.08. The average molecular weight is 291 g/mol. The first kappa shape index (κ1) is 15.2. The predicted molar refractivity (Wildman–Crippen MR) is 85.1 cm³/mol. The van der Waals surface area contributed by atoms with Gasteiger partial charge in [0.1, 0.15) is 5.82 Å². The minimum atomic E-state index is -0.149. The Balaban J connectivity index is 2.14. The van der Waals surface area contributed by atoms with E-state index in [9.17, 15) is 4.39 Å². The van der Waals surface area contributed by atoms with Crippen LogP contribution >= 0.6 is 11.3 Å². The Hall–Kier alpha value is -1.19. The van der Waals surface area contributed by atoms with Crippen LogP contribution in [0.2, 0.25) is 0 Å². The van der Waals surface area contributed by atoms with E-state index in [0.717, 1.165) is 31.5 Å². The van der Waals surface area contributed by atoms with Crippen LogP contribution in [0.5, 0.6) is 0 Å². The summed E-state index contributed by atoms with van der Waals surface area (Å²) in [5.41, 5.74) is 1.08. The van der Waals surface area contributed by atoms with Crippen molar-refractivity contribution in [3.8, 4) is 0 Å². The Morgan fingerprint density at radius 1 is 1.15 bits per heavy atom. The Labute approximate surface area is 124 Å². The highest BCUT2D eigenvalue weighted by atomic mass is 32.1. The summed E-state index contributed by atoms with van der Waals surface area (Å²) in [6.45, 7) is 6.11. The predicted octanol–water partition coefficient (Wildman–Crippen LogP) is 4.39. The largest absolute Gasteiger partial charge is 0.316 e. The molecule has 0 bridgehead atoms. The maximum Gasteiger partial charge on any atom is 0.123 e. The Kier molecular flexibility index (Phi) is 5.74. The fraction of sp³-hybridized carbons (Fsp3) is 0.412. The molecular weight excluding hydrogens is 269 g/mol. The molecule has 1 atom stereocenters. The molecule has 1 nitrogen and oxygen atoms in total. The minimum Gasteiger partial charge on any atom is -0.316 e. The van der Waals surface area contributed by atoms with E-state index in [2.05, 4.69) is 31.3 Å². The molecule has 0 aliphatic heterocycles. The van der Waals surface area contributed by atoms with E-state index in [1.807, 2.05) is 17.4 Å². The molecule has 2 aromatic rings. The van der Waals surface area contributed by atoms with Gasteiger partial charge in [-0.1, -0.05) is 26.0 Å². The van der Waals surface area contributed by atoms with Gasteiger partial charge in [-0.25, -0.2) is 4.39 Å². The van der Waals surface area contributed by atoms with Crippen LogP contribution in [0.1, 0.15) is 35.1 Å². The summed E-state index contributed by atoms with van der Waals surface area (Å²) in [7, 11) is 0. The molecule has 1 aromatic carbocycles. The molecule has 0 radical (unpaired) electrons. The lowest BCUT2D eigenvalue weighted by Crippen LogP contribution is -2.22. The second-order valence-corrected chi connectivity index (χ2v) is 6.24. The van der Waals surface area contributed by atoms with Crippen LogP contribution in [-0.2, 0) is 12.8 Å². The molecule has 1 N–H and O–H groups in total. The quantitative estimate of drug-likeness (QED) is 0.798. The molecule has 1 aromatic heterocycles. The molecule has 1 unspecified atom stereocenters. The Morgan fingerprint density at radius 2 is 1.95 bits per heavy atom. The zero-order valence-electron chi connectivity index (χ0n) is 12.2. The van der Waals surface area contributed by atoms with Crippen molar-refractivity contribution in [3.63, 3.8) is 0 Å². The van der Waals surface area contributed by atoms with Crippen LogP contribution in [0.4, 0.5) is 4.39 Å². The molecule has 3 heteroatoms. The number of benzene rings is 1. The zero-order chi connectivity index (χ0) is 14.4. The first-order chi connectivity index (χ1) is 9.72. The van der Waals surface area contributed by atoms with E-state index in [0.29, 0.717) is 5.92 Å². The van der Waals surface area contributed by atoms with E-state index in [-0.39, 0.29) is 5.82 Å². The molecular formula is C17H22FNS. The number of rotatable bonds is 7. The van der Waals surface area contributed by atoms with Gasteiger partial charge in [-0.05, 0) is 49.2 Å². The van der Waals surface area contributed by atoms with Crippen LogP contribution in [0.15, 0.2) is 36.4 Å². The molecule has 0 spiro atoms. The molecule has 0 saturated heterocycles. The van der Waals surface area contributed by atoms with Gasteiger partial charge in [-0.15, -0.1) is 11.3 Å². The zero-order valence-corrected chi connectivity index (χ0v) is 13.0. The Morgan fingerprint density at radius 3 is 2.60 bits per heavy atom. The van der Waals surface area contributed by atoms with Crippen LogP contribution < -0.4 is 5.32 Å². The summed E-state index contributed by atoms with van der Waals surface area (Å²) in [5, 5.41) is 3.39. The fourth-order valence-corrected chi connectivity index (χ4v) is 3.39. The third kappa shape index (κ3) is 4.15. The summed E-state index contributed by atoms with van der Waals surface area (Å²) < 4.78 is 13.4. The van der Waals surface area contributed by atoms with Crippen molar-refractivity contribution in [2.75, 3.05) is 13.1 Å². The Bertz CT molecular complexity index is 535. The smallest absolute Gasteiger partial charge is 0.123 e. The SMILES string of the molecule is CCNCC(Cc1ccc(CC)s1)c1cccc(F)c1. The van der Waals surface area contributed by atoms with Gasteiger partial charge in [0.05, 0.1) is 0 Å². The number of thiophene rings is 1. The number of halogens is 1. The molecule has 0 fully saturated rings. The van der Waals surface area contributed by atoms with Gasteiger partial charge < -0.3 is 5.32 Å². The highest BCUT2D eigenvalue weighted by Gasteiger charge is 2.14. The molecule has 20 heavy (non-hydrogen) atoms. The molecule has 0 aliphatic rings. The molecule has 0 aliphatic carbocycles. The van der Waals surface area contributed by atoms with Gasteiger partial charge in [0.25, 0.3) is 0 Å². The van der Waals surface area contributed by atoms with Crippen molar-refractivity contribution in [1.29, 1.82) is 0 Å². The van der Waals surface area contributed by atoms with Gasteiger partial charge in [-0.2, -0.15) is 0 Å². The van der Waals surface area contributed by atoms with E-state index in [1.54, 1.807) is 12.1 Å². The summed E-state index contributed by atoms with van der Waals surface area (Å²) in [6, 6.07) is 11.4. The molecule has 0 amide bonds. The lowest BCUT2D eigenvalue weighted by atomic mass is 9.95. The third-order valence-corrected chi connectivity index (χ3v) is 4.73. The van der Waals surface area contributed by atoms with Crippen molar-refractivity contribution in [1.82, 2.24) is 5.32 Å². The summed E-state index contributed by atoms with van der Waals surface area (Å²) in [5.74, 6) is 0.179. The normalized spacial score (nSPS) is 12.6. The van der Waals surface area contributed by atoms with E-state index < -0.39 is 0 Å². The lowest BCUT2D eigenvalue weighted by Gasteiger charge is -2.17. The number of hydrogen-bond acceptors (Lipinski definition) is 2. The topological polar surface area (TPSA) is 12.0 Å². The monoisotopic (exact) mass is 291 g/mol. The molecule has 0 saturated carbocycles. The number of likely N-dealkylation sites (N-methyl/N-ethyl adjacent to an activating group) is 1. The highest BCUT2D eigenvalue weighted by Crippen LogP contribution is 2.26. The van der Waals surface area contributed by atoms with Crippen molar-refractivity contribution in [2.45, 2.75) is 32.6 Å². The molecule has 1 heterocycles. The van der Waals surface area contributed by atoms with E-state index in [1.165, 1.54) is 15.8 Å². The van der Waals surface area contributed by atoms with Crippen LogP contribution in [0.3, 0.4) is 0 Å². The van der Waals surface area contributed by atoms with Crippen molar-refractivity contribution < 1.29 is 4.39 Å². The van der Waals surface area contributed by atoms with E-state index in [4.69, 9.17) is 0 Å².